The van der Waals surface area contributed by atoms with Gasteiger partial charge in [0.1, 0.15) is 28.0 Å². The summed E-state index contributed by atoms with van der Waals surface area (Å²) >= 11 is 9.66. The zero-order chi connectivity index (χ0) is 20.6. The number of hydrogen-bond acceptors (Lipinski definition) is 6. The maximum atomic E-state index is 14.4. The van der Waals surface area contributed by atoms with Crippen LogP contribution in [0.3, 0.4) is 0 Å². The van der Waals surface area contributed by atoms with Crippen molar-refractivity contribution in [2.45, 2.75) is 17.9 Å². The predicted octanol–water partition coefficient (Wildman–Crippen LogP) is 4.07. The lowest BCUT2D eigenvalue weighted by molar-refractivity contribution is 0.475. The van der Waals surface area contributed by atoms with Gasteiger partial charge in [-0.2, -0.15) is 9.23 Å². The van der Waals surface area contributed by atoms with Crippen molar-refractivity contribution in [3.8, 4) is 22.6 Å². The molecule has 7 nitrogen and oxygen atoms in total. The van der Waals surface area contributed by atoms with Crippen molar-refractivity contribution >= 4 is 40.3 Å². The number of anilines is 1. The summed E-state index contributed by atoms with van der Waals surface area (Å²) in [4.78, 5) is -0.618. The Morgan fingerprint density at radius 1 is 1.24 bits per heavy atom. The van der Waals surface area contributed by atoms with E-state index in [0.717, 1.165) is 48.6 Å². The number of nitrogens with zero attached hydrogens (tertiary/aromatic N) is 2. The number of para-hydroxylation sites is 1. The van der Waals surface area contributed by atoms with E-state index >= 15 is 0 Å². The van der Waals surface area contributed by atoms with Gasteiger partial charge in [-0.05, 0) is 18.6 Å². The van der Waals surface area contributed by atoms with E-state index < -0.39 is 20.7 Å². The fraction of sp³-hybridized carbons (Fsp3) is 0.167. The molecule has 1 aliphatic rings. The van der Waals surface area contributed by atoms with E-state index in [2.05, 4.69) is 23.2 Å². The first-order chi connectivity index (χ1) is 13.9. The number of fused-ring (bicyclic) bond motifs is 1. The summed E-state index contributed by atoms with van der Waals surface area (Å²) in [6.45, 7) is 1.66. The Labute approximate surface area is 177 Å². The molecule has 1 aromatic heterocycles. The van der Waals surface area contributed by atoms with Crippen LogP contribution in [0.2, 0.25) is 5.02 Å². The summed E-state index contributed by atoms with van der Waals surface area (Å²) in [6.07, 6.45) is 2.73. The molecule has 152 valence electrons. The Balaban J connectivity index is 1.74. The van der Waals surface area contributed by atoms with Crippen molar-refractivity contribution in [1.29, 1.82) is 0 Å². The number of rotatable bonds is 5. The van der Waals surface area contributed by atoms with Crippen molar-refractivity contribution in [3.05, 3.63) is 53.4 Å². The number of nitrogens with one attached hydrogen (secondary N) is 2. The average Bonchev–Trinajstić information content (AvgIpc) is 3.15. The summed E-state index contributed by atoms with van der Waals surface area (Å²) in [5.74, 6) is 0.294. The zero-order valence-corrected chi connectivity index (χ0v) is 17.4. The van der Waals surface area contributed by atoms with Crippen molar-refractivity contribution in [1.82, 2.24) is 13.9 Å². The minimum absolute atomic E-state index is 0.0104. The lowest BCUT2D eigenvalue weighted by Crippen LogP contribution is -2.17. The minimum atomic E-state index is -4.11. The van der Waals surface area contributed by atoms with Crippen LogP contribution in [0.25, 0.3) is 11.1 Å². The zero-order valence-electron chi connectivity index (χ0n) is 14.9. The third-order valence-corrected chi connectivity index (χ3v) is 6.62. The van der Waals surface area contributed by atoms with Gasteiger partial charge in [-0.25, -0.2) is 17.5 Å². The highest BCUT2D eigenvalue weighted by atomic mass is 35.5. The number of hydrogen-bond donors (Lipinski definition) is 3. The van der Waals surface area contributed by atoms with Gasteiger partial charge in [0.05, 0.1) is 11.2 Å². The number of thiol groups is 1. The van der Waals surface area contributed by atoms with E-state index in [-0.39, 0.29) is 10.8 Å². The normalized spacial score (nSPS) is 13.6. The molecular formula is C18H16ClFN4O3S2. The quantitative estimate of drug-likeness (QED) is 0.506. The van der Waals surface area contributed by atoms with Gasteiger partial charge in [0, 0.05) is 30.3 Å². The molecule has 4 rings (SSSR count). The largest absolute Gasteiger partial charge is 0.455 e. The van der Waals surface area contributed by atoms with E-state index in [0.29, 0.717) is 5.75 Å². The summed E-state index contributed by atoms with van der Waals surface area (Å²) < 4.78 is 47.6. The number of aryl methyl sites for hydroxylation is 1. The lowest BCUT2D eigenvalue weighted by atomic mass is 10.1. The highest BCUT2D eigenvalue weighted by Crippen LogP contribution is 2.40. The second-order valence-electron chi connectivity index (χ2n) is 6.32. The van der Waals surface area contributed by atoms with E-state index in [9.17, 15) is 12.8 Å². The van der Waals surface area contributed by atoms with Gasteiger partial charge in [-0.3, -0.25) is 0 Å². The molecule has 0 fully saturated rings. The average molecular weight is 455 g/mol. The summed E-state index contributed by atoms with van der Waals surface area (Å²) in [5.41, 5.74) is 1.59. The van der Waals surface area contributed by atoms with Gasteiger partial charge >= 0.3 is 0 Å². The maximum absolute atomic E-state index is 14.4. The maximum Gasteiger partial charge on any atom is 0.252 e. The molecule has 0 spiro atoms. The summed E-state index contributed by atoms with van der Waals surface area (Å²) in [7, 11) is -4.11. The van der Waals surface area contributed by atoms with Crippen molar-refractivity contribution in [3.63, 3.8) is 0 Å². The molecule has 2 heterocycles. The third-order valence-electron chi connectivity index (χ3n) is 4.47. The molecule has 0 amide bonds. The summed E-state index contributed by atoms with van der Waals surface area (Å²) in [6, 6.07) is 9.12. The standard InChI is InChI=1S/C18H16ClFN4O3S2/c19-13-8-17(29(25,26)23-28)14(20)9-16(13)27-15-5-2-1-4-11(15)12-10-22-24-7-3-6-21-18(12)24/h1-2,4-5,8-10,21,23,28H,3,6-7H2. The van der Waals surface area contributed by atoms with E-state index in [4.69, 9.17) is 16.3 Å². The first-order valence-corrected chi connectivity index (χ1v) is 10.9. The molecule has 2 aromatic carbocycles. The Morgan fingerprint density at radius 2 is 2.03 bits per heavy atom. The number of ether oxygens (including phenoxy) is 1. The molecule has 0 atom stereocenters. The molecule has 0 saturated heterocycles. The predicted molar refractivity (Wildman–Crippen MR) is 112 cm³/mol. The second-order valence-corrected chi connectivity index (χ2v) is 8.90. The molecule has 2 N–H and O–H groups in total. The van der Waals surface area contributed by atoms with E-state index in [1.165, 1.54) is 0 Å². The first kappa shape index (κ1) is 20.0. The van der Waals surface area contributed by atoms with E-state index in [1.54, 1.807) is 22.5 Å². The Hall–Kier alpha value is -2.27. The molecule has 29 heavy (non-hydrogen) atoms. The van der Waals surface area contributed by atoms with Crippen molar-refractivity contribution in [2.75, 3.05) is 11.9 Å². The monoisotopic (exact) mass is 454 g/mol. The van der Waals surface area contributed by atoms with Crippen LogP contribution in [0, 0.1) is 5.82 Å². The van der Waals surface area contributed by atoms with Crippen molar-refractivity contribution in [2.24, 2.45) is 0 Å². The fourth-order valence-corrected chi connectivity index (χ4v) is 4.36. The Morgan fingerprint density at radius 3 is 2.83 bits per heavy atom. The van der Waals surface area contributed by atoms with Crippen LogP contribution in [0.15, 0.2) is 47.5 Å². The van der Waals surface area contributed by atoms with Crippen LogP contribution in [0.4, 0.5) is 10.2 Å². The molecule has 0 saturated carbocycles. The highest BCUT2D eigenvalue weighted by molar-refractivity contribution is 8.00. The van der Waals surface area contributed by atoms with Gasteiger partial charge < -0.3 is 10.1 Å². The van der Waals surface area contributed by atoms with Crippen LogP contribution in [-0.2, 0) is 16.6 Å². The second kappa shape index (κ2) is 7.86. The minimum Gasteiger partial charge on any atom is -0.455 e. The summed E-state index contributed by atoms with van der Waals surface area (Å²) in [5, 5.41) is 7.67. The number of sulfonamides is 1. The van der Waals surface area contributed by atoms with Crippen LogP contribution in [-0.4, -0.2) is 24.7 Å². The van der Waals surface area contributed by atoms with Gasteiger partial charge in [0.15, 0.2) is 0 Å². The van der Waals surface area contributed by atoms with Gasteiger partial charge in [-0.1, -0.05) is 42.6 Å². The highest BCUT2D eigenvalue weighted by Gasteiger charge is 2.22. The Bertz CT molecular complexity index is 1180. The van der Waals surface area contributed by atoms with Crippen LogP contribution < -0.4 is 14.2 Å². The number of aromatic nitrogens is 2. The molecule has 0 bridgehead atoms. The topological polar surface area (TPSA) is 85.2 Å². The van der Waals surface area contributed by atoms with Crippen LogP contribution in [0.1, 0.15) is 6.42 Å². The number of benzene rings is 2. The smallest absolute Gasteiger partial charge is 0.252 e. The van der Waals surface area contributed by atoms with Gasteiger partial charge in [0.2, 0.25) is 0 Å². The van der Waals surface area contributed by atoms with Gasteiger partial charge in [-0.15, -0.1) is 0 Å². The number of halogens is 2. The molecule has 1 aliphatic heterocycles. The molecule has 0 aliphatic carbocycles. The first-order valence-electron chi connectivity index (χ1n) is 8.62. The molecular weight excluding hydrogens is 439 g/mol. The molecule has 0 radical (unpaired) electrons. The van der Waals surface area contributed by atoms with Crippen LogP contribution >= 0.6 is 24.4 Å². The van der Waals surface area contributed by atoms with Crippen molar-refractivity contribution < 1.29 is 17.5 Å². The lowest BCUT2D eigenvalue weighted by Gasteiger charge is -2.18. The van der Waals surface area contributed by atoms with E-state index in [1.807, 2.05) is 16.8 Å². The molecule has 3 aromatic rings. The Kier molecular flexibility index (Phi) is 5.43. The SMILES string of the molecule is O=S(=O)(NS)c1cc(Cl)c(Oc2ccccc2-c2cnn3c2NCCC3)cc1F. The molecule has 0 unspecified atom stereocenters. The third kappa shape index (κ3) is 3.80. The molecule has 11 heteroatoms. The fourth-order valence-electron chi connectivity index (χ4n) is 3.11. The van der Waals surface area contributed by atoms with Crippen LogP contribution in [0.5, 0.6) is 11.5 Å². The van der Waals surface area contributed by atoms with Gasteiger partial charge in [0.25, 0.3) is 10.0 Å².